The number of carbonyl (C=O) groups excluding carboxylic acids is 2. The molecule has 0 saturated heterocycles. The number of ether oxygens (including phenoxy) is 1. The molecule has 8 heteroatoms. The molecule has 0 aliphatic heterocycles. The highest BCUT2D eigenvalue weighted by atomic mass is 32.2. The molecule has 0 spiro atoms. The van der Waals surface area contributed by atoms with Gasteiger partial charge in [0.1, 0.15) is 0 Å². The summed E-state index contributed by atoms with van der Waals surface area (Å²) in [5.74, 6) is -0.0619. The van der Waals surface area contributed by atoms with Crippen LogP contribution >= 0.6 is 11.8 Å². The third-order valence-corrected chi connectivity index (χ3v) is 4.27. The van der Waals surface area contributed by atoms with Crippen LogP contribution in [0.15, 0.2) is 64.3 Å². The van der Waals surface area contributed by atoms with E-state index >= 15 is 0 Å². The van der Waals surface area contributed by atoms with Crippen molar-refractivity contribution in [3.63, 3.8) is 0 Å². The summed E-state index contributed by atoms with van der Waals surface area (Å²) in [6.07, 6.45) is 0. The second kappa shape index (κ2) is 9.00. The number of benzene rings is 2. The van der Waals surface area contributed by atoms with Crippen LogP contribution in [0.4, 0.5) is 5.69 Å². The zero-order chi connectivity index (χ0) is 19.1. The quantitative estimate of drug-likeness (QED) is 0.491. The summed E-state index contributed by atoms with van der Waals surface area (Å²) in [7, 11) is 0. The lowest BCUT2D eigenvalue weighted by molar-refractivity contribution is -0.113. The average Bonchev–Trinajstić information content (AvgIpc) is 3.17. The van der Waals surface area contributed by atoms with E-state index in [4.69, 9.17) is 9.26 Å². The van der Waals surface area contributed by atoms with Crippen molar-refractivity contribution in [3.05, 3.63) is 60.2 Å². The number of esters is 1. The van der Waals surface area contributed by atoms with Gasteiger partial charge in [-0.2, -0.15) is 4.98 Å². The van der Waals surface area contributed by atoms with Crippen LogP contribution in [0.5, 0.6) is 0 Å². The van der Waals surface area contributed by atoms with Gasteiger partial charge in [0.05, 0.1) is 17.9 Å². The Morgan fingerprint density at radius 3 is 2.56 bits per heavy atom. The molecule has 0 radical (unpaired) electrons. The second-order valence-corrected chi connectivity index (χ2v) is 6.33. The van der Waals surface area contributed by atoms with Crippen LogP contribution in [0.2, 0.25) is 0 Å². The number of thioether (sulfide) groups is 1. The summed E-state index contributed by atoms with van der Waals surface area (Å²) in [6.45, 7) is 2.06. The summed E-state index contributed by atoms with van der Waals surface area (Å²) in [6, 6.07) is 15.9. The highest BCUT2D eigenvalue weighted by Gasteiger charge is 2.12. The first-order chi connectivity index (χ1) is 13.2. The molecule has 0 atom stereocenters. The van der Waals surface area contributed by atoms with E-state index in [1.54, 1.807) is 31.2 Å². The number of rotatable bonds is 7. The summed E-state index contributed by atoms with van der Waals surface area (Å²) >= 11 is 1.18. The first kappa shape index (κ1) is 18.7. The van der Waals surface area contributed by atoms with Gasteiger partial charge in [0.15, 0.2) is 0 Å². The van der Waals surface area contributed by atoms with Crippen molar-refractivity contribution in [1.82, 2.24) is 10.1 Å². The number of carbonyl (C=O) groups is 2. The molecule has 1 heterocycles. The fraction of sp³-hybridized carbons (Fsp3) is 0.158. The minimum Gasteiger partial charge on any atom is -0.462 e. The molecule has 0 fully saturated rings. The van der Waals surface area contributed by atoms with Crippen molar-refractivity contribution < 1.29 is 18.8 Å². The van der Waals surface area contributed by atoms with Crippen LogP contribution in [0.3, 0.4) is 0 Å². The molecule has 138 valence electrons. The topological polar surface area (TPSA) is 94.3 Å². The van der Waals surface area contributed by atoms with Gasteiger partial charge in [0.25, 0.3) is 5.89 Å². The molecule has 1 amide bonds. The molecule has 0 unspecified atom stereocenters. The van der Waals surface area contributed by atoms with Gasteiger partial charge in [-0.25, -0.2) is 4.79 Å². The molecule has 0 saturated carbocycles. The molecule has 27 heavy (non-hydrogen) atoms. The minimum atomic E-state index is -0.391. The van der Waals surface area contributed by atoms with Gasteiger partial charge in [-0.3, -0.25) is 4.79 Å². The highest BCUT2D eigenvalue weighted by Crippen LogP contribution is 2.21. The fourth-order valence-electron chi connectivity index (χ4n) is 2.20. The predicted molar refractivity (Wildman–Crippen MR) is 101 cm³/mol. The molecule has 3 aromatic rings. The van der Waals surface area contributed by atoms with E-state index in [0.717, 1.165) is 5.56 Å². The molecular formula is C19H17N3O4S. The Morgan fingerprint density at radius 1 is 1.11 bits per heavy atom. The van der Waals surface area contributed by atoms with Crippen molar-refractivity contribution in [2.45, 2.75) is 12.1 Å². The number of nitrogens with one attached hydrogen (secondary N) is 1. The first-order valence-corrected chi connectivity index (χ1v) is 9.23. The Morgan fingerprint density at radius 2 is 1.85 bits per heavy atom. The van der Waals surface area contributed by atoms with Gasteiger partial charge in [-0.05, 0) is 48.5 Å². The van der Waals surface area contributed by atoms with E-state index in [2.05, 4.69) is 15.5 Å². The van der Waals surface area contributed by atoms with Crippen LogP contribution in [-0.2, 0) is 9.53 Å². The lowest BCUT2D eigenvalue weighted by Gasteiger charge is -2.05. The van der Waals surface area contributed by atoms with Crippen LogP contribution in [0.1, 0.15) is 17.3 Å². The SMILES string of the molecule is CCOC(=O)c1ccc(NC(=O)CSc2noc(-c3ccccc3)n2)cc1. The Bertz CT molecular complexity index is 910. The molecule has 0 aliphatic carbocycles. The number of nitrogens with zero attached hydrogens (tertiary/aromatic N) is 2. The number of hydrogen-bond acceptors (Lipinski definition) is 7. The molecule has 1 aromatic heterocycles. The molecule has 0 aliphatic rings. The van der Waals surface area contributed by atoms with Gasteiger partial charge in [-0.15, -0.1) is 0 Å². The fourth-order valence-corrected chi connectivity index (χ4v) is 2.77. The summed E-state index contributed by atoms with van der Waals surface area (Å²) in [4.78, 5) is 27.9. The highest BCUT2D eigenvalue weighted by molar-refractivity contribution is 7.99. The van der Waals surface area contributed by atoms with Crippen LogP contribution < -0.4 is 5.32 Å². The molecule has 3 rings (SSSR count). The van der Waals surface area contributed by atoms with Crippen molar-refractivity contribution in [3.8, 4) is 11.5 Å². The zero-order valence-electron chi connectivity index (χ0n) is 14.5. The van der Waals surface area contributed by atoms with Gasteiger partial charge >= 0.3 is 5.97 Å². The van der Waals surface area contributed by atoms with E-state index in [1.807, 2.05) is 30.3 Å². The first-order valence-electron chi connectivity index (χ1n) is 8.24. The van der Waals surface area contributed by atoms with Crippen LogP contribution in [0.25, 0.3) is 11.5 Å². The van der Waals surface area contributed by atoms with Gasteiger partial charge in [-0.1, -0.05) is 30.0 Å². The maximum Gasteiger partial charge on any atom is 0.338 e. The Labute approximate surface area is 160 Å². The van der Waals surface area contributed by atoms with Crippen molar-refractivity contribution in [2.24, 2.45) is 0 Å². The van der Waals surface area contributed by atoms with E-state index < -0.39 is 5.97 Å². The molecular weight excluding hydrogens is 366 g/mol. The van der Waals surface area contributed by atoms with Crippen molar-refractivity contribution in [1.29, 1.82) is 0 Å². The second-order valence-electron chi connectivity index (χ2n) is 5.38. The number of anilines is 1. The standard InChI is InChI=1S/C19H17N3O4S/c1-2-25-18(24)14-8-10-15(11-9-14)20-16(23)12-27-19-21-17(26-22-19)13-6-4-3-5-7-13/h3-11H,2,12H2,1H3,(H,20,23). The Kier molecular flexibility index (Phi) is 6.22. The Balaban J connectivity index is 1.51. The lowest BCUT2D eigenvalue weighted by Crippen LogP contribution is -2.14. The van der Waals surface area contributed by atoms with Gasteiger partial charge in [0, 0.05) is 11.3 Å². The van der Waals surface area contributed by atoms with E-state index in [1.165, 1.54) is 11.8 Å². The lowest BCUT2D eigenvalue weighted by atomic mass is 10.2. The summed E-state index contributed by atoms with van der Waals surface area (Å²) < 4.78 is 10.1. The normalized spacial score (nSPS) is 10.4. The predicted octanol–water partition coefficient (Wildman–Crippen LogP) is 3.64. The van der Waals surface area contributed by atoms with Crippen LogP contribution in [0, 0.1) is 0 Å². The number of hydrogen-bond donors (Lipinski definition) is 1. The Hall–Kier alpha value is -3.13. The van der Waals surface area contributed by atoms with E-state index in [-0.39, 0.29) is 11.7 Å². The van der Waals surface area contributed by atoms with Crippen molar-refractivity contribution >= 4 is 29.3 Å². The minimum absolute atomic E-state index is 0.132. The largest absolute Gasteiger partial charge is 0.462 e. The third-order valence-electron chi connectivity index (χ3n) is 3.44. The molecule has 1 N–H and O–H groups in total. The van der Waals surface area contributed by atoms with Gasteiger partial charge < -0.3 is 14.6 Å². The third kappa shape index (κ3) is 5.18. The van der Waals surface area contributed by atoms with E-state index in [0.29, 0.717) is 28.9 Å². The van der Waals surface area contributed by atoms with E-state index in [9.17, 15) is 9.59 Å². The number of aromatic nitrogens is 2. The maximum atomic E-state index is 12.1. The average molecular weight is 383 g/mol. The van der Waals surface area contributed by atoms with Crippen molar-refractivity contribution in [2.75, 3.05) is 17.7 Å². The summed E-state index contributed by atoms with van der Waals surface area (Å²) in [5.41, 5.74) is 1.85. The smallest absolute Gasteiger partial charge is 0.338 e. The molecule has 7 nitrogen and oxygen atoms in total. The summed E-state index contributed by atoms with van der Waals surface area (Å²) in [5, 5.41) is 7.01. The monoisotopic (exact) mass is 383 g/mol. The van der Waals surface area contributed by atoms with Gasteiger partial charge in [0.2, 0.25) is 11.1 Å². The molecule has 2 aromatic carbocycles. The molecule has 0 bridgehead atoms. The number of amides is 1. The van der Waals surface area contributed by atoms with Crippen LogP contribution in [-0.4, -0.2) is 34.4 Å². The maximum absolute atomic E-state index is 12.1. The zero-order valence-corrected chi connectivity index (χ0v) is 15.4.